The Hall–Kier alpha value is -1.08. The van der Waals surface area contributed by atoms with Gasteiger partial charge in [-0.2, -0.15) is 0 Å². The third-order valence-corrected chi connectivity index (χ3v) is 3.61. The smallest absolute Gasteiger partial charge is 0.227 e. The number of fused-ring (bicyclic) bond motifs is 5. The summed E-state index contributed by atoms with van der Waals surface area (Å²) < 4.78 is 5.50. The number of ether oxygens (including phenoxy) is 1. The summed E-state index contributed by atoms with van der Waals surface area (Å²) in [5.41, 5.74) is 0. The summed E-state index contributed by atoms with van der Waals surface area (Å²) in [4.78, 5) is 17.0. The molecule has 3 aliphatic rings. The molecule has 3 saturated heterocycles. The Labute approximate surface area is 82.6 Å². The van der Waals surface area contributed by atoms with Crippen LogP contribution in [0.1, 0.15) is 19.8 Å². The zero-order valence-electron chi connectivity index (χ0n) is 8.01. The van der Waals surface area contributed by atoms with E-state index in [-0.39, 0.29) is 36.2 Å². The lowest BCUT2D eigenvalue weighted by Gasteiger charge is -2.36. The fraction of sp³-hybridized carbons (Fsp3) is 0.800. The molecule has 2 bridgehead atoms. The summed E-state index contributed by atoms with van der Waals surface area (Å²) in [7, 11) is 0. The minimum absolute atomic E-state index is 0.108. The standard InChI is InChI=1S/C10H12N2O2/c1-5(13)12-7-3-6(11-2)4-8(12)10-9(7)14-10/h6-10H,3-4H2,1H3. The normalized spacial score (nSPS) is 48.3. The highest BCUT2D eigenvalue weighted by molar-refractivity contribution is 5.75. The van der Waals surface area contributed by atoms with Crippen molar-refractivity contribution in [2.75, 3.05) is 0 Å². The summed E-state index contributed by atoms with van der Waals surface area (Å²) in [5, 5.41) is 0. The van der Waals surface area contributed by atoms with E-state index < -0.39 is 0 Å². The molecular formula is C10H12N2O2. The van der Waals surface area contributed by atoms with Gasteiger partial charge in [-0.25, -0.2) is 6.57 Å². The molecule has 4 unspecified atom stereocenters. The zero-order chi connectivity index (χ0) is 9.87. The van der Waals surface area contributed by atoms with Gasteiger partial charge < -0.3 is 14.5 Å². The molecule has 0 aliphatic carbocycles. The van der Waals surface area contributed by atoms with E-state index >= 15 is 0 Å². The number of morpholine rings is 1. The molecule has 3 fully saturated rings. The number of hydrogen-bond donors (Lipinski definition) is 0. The highest BCUT2D eigenvalue weighted by Crippen LogP contribution is 2.48. The average molecular weight is 192 g/mol. The number of piperidine rings is 1. The molecule has 0 aromatic carbocycles. The molecule has 3 rings (SSSR count). The summed E-state index contributed by atoms with van der Waals surface area (Å²) in [5.74, 6) is 0.138. The minimum atomic E-state index is 0.108. The average Bonchev–Trinajstić information content (AvgIpc) is 2.90. The highest BCUT2D eigenvalue weighted by Gasteiger charge is 2.65. The van der Waals surface area contributed by atoms with Crippen molar-refractivity contribution in [2.45, 2.75) is 50.1 Å². The first-order chi connectivity index (χ1) is 6.72. The molecule has 0 saturated carbocycles. The summed E-state index contributed by atoms with van der Waals surface area (Å²) in [6, 6.07) is 0.489. The number of hydrogen-bond acceptors (Lipinski definition) is 2. The van der Waals surface area contributed by atoms with Gasteiger partial charge >= 0.3 is 0 Å². The largest absolute Gasteiger partial charge is 0.365 e. The monoisotopic (exact) mass is 192 g/mol. The van der Waals surface area contributed by atoms with Crippen LogP contribution in [0.3, 0.4) is 0 Å². The Kier molecular flexibility index (Phi) is 1.46. The molecule has 1 amide bonds. The third kappa shape index (κ3) is 0.881. The Bertz CT molecular complexity index is 318. The number of amides is 1. The van der Waals surface area contributed by atoms with Crippen molar-refractivity contribution in [2.24, 2.45) is 0 Å². The second kappa shape index (κ2) is 2.48. The molecule has 74 valence electrons. The first-order valence-corrected chi connectivity index (χ1v) is 5.03. The molecule has 3 heterocycles. The van der Waals surface area contributed by atoms with E-state index in [1.54, 1.807) is 6.92 Å². The van der Waals surface area contributed by atoms with Crippen molar-refractivity contribution >= 4 is 5.91 Å². The fourth-order valence-corrected chi connectivity index (χ4v) is 3.04. The lowest BCUT2D eigenvalue weighted by Crippen LogP contribution is -2.50. The number of carbonyl (C=O) groups is 1. The molecule has 0 aromatic rings. The predicted octanol–water partition coefficient (Wildman–Crippen LogP) is 0.435. The van der Waals surface area contributed by atoms with Gasteiger partial charge in [-0.15, -0.1) is 0 Å². The van der Waals surface area contributed by atoms with Gasteiger partial charge in [-0.1, -0.05) is 0 Å². The van der Waals surface area contributed by atoms with E-state index in [1.807, 2.05) is 4.90 Å². The van der Waals surface area contributed by atoms with Crippen molar-refractivity contribution in [3.63, 3.8) is 0 Å². The molecule has 4 nitrogen and oxygen atoms in total. The predicted molar refractivity (Wildman–Crippen MR) is 48.4 cm³/mol. The third-order valence-electron chi connectivity index (χ3n) is 3.61. The Morgan fingerprint density at radius 1 is 1.43 bits per heavy atom. The molecular weight excluding hydrogens is 180 g/mol. The Balaban J connectivity index is 1.88. The molecule has 0 spiro atoms. The van der Waals surface area contributed by atoms with E-state index in [0.29, 0.717) is 0 Å². The van der Waals surface area contributed by atoms with Crippen molar-refractivity contribution in [3.05, 3.63) is 11.4 Å². The fourth-order valence-electron chi connectivity index (χ4n) is 3.04. The van der Waals surface area contributed by atoms with E-state index in [0.717, 1.165) is 12.8 Å². The first kappa shape index (κ1) is 8.25. The molecule has 3 aliphatic heterocycles. The molecule has 4 atom stereocenters. The van der Waals surface area contributed by atoms with E-state index in [1.165, 1.54) is 0 Å². The van der Waals surface area contributed by atoms with Gasteiger partial charge in [-0.05, 0) is 0 Å². The van der Waals surface area contributed by atoms with Crippen LogP contribution in [0.15, 0.2) is 0 Å². The van der Waals surface area contributed by atoms with Crippen LogP contribution in [0.5, 0.6) is 0 Å². The highest BCUT2D eigenvalue weighted by atomic mass is 16.6. The SMILES string of the molecule is [C-]#[N+]C1CC2C3OC3C(C1)N2C(C)=O. The lowest BCUT2D eigenvalue weighted by atomic mass is 9.97. The maximum atomic E-state index is 11.4. The summed E-state index contributed by atoms with van der Waals surface area (Å²) in [6.07, 6.45) is 2.10. The van der Waals surface area contributed by atoms with Gasteiger partial charge in [-0.3, -0.25) is 4.79 Å². The van der Waals surface area contributed by atoms with Gasteiger partial charge in [0, 0.05) is 19.8 Å². The zero-order valence-corrected chi connectivity index (χ0v) is 8.01. The number of nitrogens with zero attached hydrogens (tertiary/aromatic N) is 2. The molecule has 4 heteroatoms. The van der Waals surface area contributed by atoms with E-state index in [9.17, 15) is 4.79 Å². The van der Waals surface area contributed by atoms with Crippen molar-refractivity contribution in [3.8, 4) is 0 Å². The van der Waals surface area contributed by atoms with E-state index in [4.69, 9.17) is 11.3 Å². The summed E-state index contributed by atoms with van der Waals surface area (Å²) >= 11 is 0. The van der Waals surface area contributed by atoms with Gasteiger partial charge in [0.05, 0.1) is 12.1 Å². The van der Waals surface area contributed by atoms with Crippen molar-refractivity contribution in [1.82, 2.24) is 4.90 Å². The van der Waals surface area contributed by atoms with Crippen LogP contribution in [-0.2, 0) is 9.53 Å². The molecule has 0 aromatic heterocycles. The van der Waals surface area contributed by atoms with Crippen LogP contribution in [0.4, 0.5) is 0 Å². The van der Waals surface area contributed by atoms with Crippen LogP contribution >= 0.6 is 0 Å². The maximum absolute atomic E-state index is 11.4. The number of carbonyl (C=O) groups excluding carboxylic acids is 1. The second-order valence-electron chi connectivity index (χ2n) is 4.38. The van der Waals surface area contributed by atoms with Gasteiger partial charge in [0.25, 0.3) is 0 Å². The molecule has 0 N–H and O–H groups in total. The minimum Gasteiger partial charge on any atom is -0.365 e. The van der Waals surface area contributed by atoms with Gasteiger partial charge in [0.1, 0.15) is 12.2 Å². The second-order valence-corrected chi connectivity index (χ2v) is 4.38. The Morgan fingerprint density at radius 2 is 2.00 bits per heavy atom. The van der Waals surface area contributed by atoms with Crippen LogP contribution in [0.25, 0.3) is 4.85 Å². The summed E-state index contributed by atoms with van der Waals surface area (Å²) in [6.45, 7) is 8.65. The first-order valence-electron chi connectivity index (χ1n) is 5.03. The van der Waals surface area contributed by atoms with Crippen LogP contribution < -0.4 is 0 Å². The van der Waals surface area contributed by atoms with E-state index in [2.05, 4.69) is 4.85 Å². The van der Waals surface area contributed by atoms with Crippen LogP contribution in [0, 0.1) is 6.57 Å². The maximum Gasteiger partial charge on any atom is 0.227 e. The van der Waals surface area contributed by atoms with Crippen molar-refractivity contribution in [1.29, 1.82) is 0 Å². The molecule has 0 radical (unpaired) electrons. The number of rotatable bonds is 0. The number of epoxide rings is 1. The van der Waals surface area contributed by atoms with Crippen LogP contribution in [-0.4, -0.2) is 41.1 Å². The van der Waals surface area contributed by atoms with Gasteiger partial charge in [0.15, 0.2) is 0 Å². The van der Waals surface area contributed by atoms with Crippen LogP contribution in [0.2, 0.25) is 0 Å². The Morgan fingerprint density at radius 3 is 2.43 bits per heavy atom. The quantitative estimate of drug-likeness (QED) is 0.412. The lowest BCUT2D eigenvalue weighted by molar-refractivity contribution is -0.136. The van der Waals surface area contributed by atoms with Crippen molar-refractivity contribution < 1.29 is 9.53 Å². The van der Waals surface area contributed by atoms with Gasteiger partial charge in [0.2, 0.25) is 11.9 Å². The molecule has 14 heavy (non-hydrogen) atoms. The topological polar surface area (TPSA) is 37.2 Å².